The highest BCUT2D eigenvalue weighted by atomic mass is 127. The van der Waals surface area contributed by atoms with Crippen LogP contribution in [0.15, 0.2) is 48.5 Å². The van der Waals surface area contributed by atoms with Crippen LogP contribution >= 0.6 is 34.2 Å². The molecular weight excluding hydrogens is 322 g/mol. The second-order valence-electron chi connectivity index (χ2n) is 3.01. The van der Waals surface area contributed by atoms with Gasteiger partial charge in [-0.05, 0) is 65.1 Å². The zero-order valence-electron chi connectivity index (χ0n) is 7.78. The Morgan fingerprint density at radius 3 is 2.33 bits per heavy atom. The van der Waals surface area contributed by atoms with Crippen LogP contribution in [-0.4, -0.2) is 0 Å². The fourth-order valence-corrected chi connectivity index (χ4v) is 1.81. The summed E-state index contributed by atoms with van der Waals surface area (Å²) in [5.41, 5.74) is 0. The maximum Gasteiger partial charge on any atom is 0.128 e. The van der Waals surface area contributed by atoms with E-state index in [4.69, 9.17) is 16.3 Å². The number of halogens is 2. The van der Waals surface area contributed by atoms with E-state index in [1.807, 2.05) is 48.5 Å². The van der Waals surface area contributed by atoms with E-state index in [9.17, 15) is 0 Å². The summed E-state index contributed by atoms with van der Waals surface area (Å²) in [6.45, 7) is 0. The molecular formula is C12H8ClIO. The van der Waals surface area contributed by atoms with Crippen LogP contribution in [0, 0.1) is 3.57 Å². The van der Waals surface area contributed by atoms with E-state index in [0.717, 1.165) is 15.1 Å². The predicted octanol–water partition coefficient (Wildman–Crippen LogP) is 4.74. The highest BCUT2D eigenvalue weighted by molar-refractivity contribution is 14.1. The topological polar surface area (TPSA) is 9.23 Å². The van der Waals surface area contributed by atoms with Crippen molar-refractivity contribution < 1.29 is 4.74 Å². The summed E-state index contributed by atoms with van der Waals surface area (Å²) in [5, 5.41) is 0.713. The van der Waals surface area contributed by atoms with Crippen molar-refractivity contribution >= 4 is 34.2 Å². The molecule has 0 aliphatic carbocycles. The second kappa shape index (κ2) is 4.86. The van der Waals surface area contributed by atoms with E-state index in [1.165, 1.54) is 0 Å². The normalized spacial score (nSPS) is 10.0. The molecule has 1 nitrogen and oxygen atoms in total. The quantitative estimate of drug-likeness (QED) is 0.723. The zero-order valence-corrected chi connectivity index (χ0v) is 10.7. The van der Waals surface area contributed by atoms with Crippen molar-refractivity contribution in [2.24, 2.45) is 0 Å². The maximum atomic E-state index is 5.78. The van der Waals surface area contributed by atoms with Crippen LogP contribution in [0.3, 0.4) is 0 Å². The van der Waals surface area contributed by atoms with Crippen LogP contribution in [0.5, 0.6) is 11.5 Å². The molecule has 76 valence electrons. The molecule has 0 unspecified atom stereocenters. The molecule has 0 aromatic heterocycles. The summed E-state index contributed by atoms with van der Waals surface area (Å²) in [5.74, 6) is 1.63. The van der Waals surface area contributed by atoms with Gasteiger partial charge in [-0.2, -0.15) is 0 Å². The molecule has 3 heteroatoms. The second-order valence-corrected chi connectivity index (χ2v) is 4.70. The van der Waals surface area contributed by atoms with Crippen molar-refractivity contribution in [3.63, 3.8) is 0 Å². The molecule has 0 radical (unpaired) electrons. The van der Waals surface area contributed by atoms with Crippen molar-refractivity contribution in [2.45, 2.75) is 0 Å². The van der Waals surface area contributed by atoms with E-state index < -0.39 is 0 Å². The van der Waals surface area contributed by atoms with Crippen LogP contribution in [-0.2, 0) is 0 Å². The first-order valence-electron chi connectivity index (χ1n) is 4.43. The van der Waals surface area contributed by atoms with Gasteiger partial charge in [0.1, 0.15) is 11.5 Å². The average Bonchev–Trinajstić information content (AvgIpc) is 2.22. The summed E-state index contributed by atoms with van der Waals surface area (Å²) in [4.78, 5) is 0. The lowest BCUT2D eigenvalue weighted by Gasteiger charge is -2.05. The molecule has 0 saturated heterocycles. The van der Waals surface area contributed by atoms with Crippen LogP contribution in [0.2, 0.25) is 5.02 Å². The van der Waals surface area contributed by atoms with E-state index in [1.54, 1.807) is 0 Å². The number of hydrogen-bond acceptors (Lipinski definition) is 1. The highest BCUT2D eigenvalue weighted by Gasteiger charge is 1.97. The molecule has 0 atom stereocenters. The molecule has 0 aliphatic rings. The molecule has 0 saturated carbocycles. The van der Waals surface area contributed by atoms with Gasteiger partial charge in [0.25, 0.3) is 0 Å². The van der Waals surface area contributed by atoms with Gasteiger partial charge >= 0.3 is 0 Å². The Balaban J connectivity index is 2.18. The van der Waals surface area contributed by atoms with Crippen LogP contribution < -0.4 is 4.74 Å². The number of rotatable bonds is 2. The third-order valence-electron chi connectivity index (χ3n) is 1.85. The Labute approximate surface area is 107 Å². The lowest BCUT2D eigenvalue weighted by molar-refractivity contribution is 0.482. The minimum Gasteiger partial charge on any atom is -0.457 e. The Hall–Kier alpha value is -0.740. The molecule has 2 aromatic carbocycles. The maximum absolute atomic E-state index is 5.78. The van der Waals surface area contributed by atoms with Crippen molar-refractivity contribution in [3.05, 3.63) is 57.1 Å². The van der Waals surface area contributed by atoms with E-state index >= 15 is 0 Å². The number of hydrogen-bond donors (Lipinski definition) is 0. The van der Waals surface area contributed by atoms with Crippen LogP contribution in [0.4, 0.5) is 0 Å². The lowest BCUT2D eigenvalue weighted by Crippen LogP contribution is -1.83. The molecule has 0 heterocycles. The van der Waals surface area contributed by atoms with Gasteiger partial charge in [0.15, 0.2) is 0 Å². The Morgan fingerprint density at radius 2 is 1.67 bits per heavy atom. The van der Waals surface area contributed by atoms with Crippen molar-refractivity contribution in [2.75, 3.05) is 0 Å². The third kappa shape index (κ3) is 3.11. The van der Waals surface area contributed by atoms with Crippen molar-refractivity contribution in [1.29, 1.82) is 0 Å². The van der Waals surface area contributed by atoms with Gasteiger partial charge in [0, 0.05) is 8.59 Å². The Kier molecular flexibility index (Phi) is 3.49. The van der Waals surface area contributed by atoms with Crippen LogP contribution in [0.1, 0.15) is 0 Å². The molecule has 0 spiro atoms. The van der Waals surface area contributed by atoms with E-state index in [2.05, 4.69) is 22.6 Å². The Bertz CT molecular complexity index is 453. The molecule has 0 aliphatic heterocycles. The third-order valence-corrected chi connectivity index (χ3v) is 2.77. The van der Waals surface area contributed by atoms with Crippen molar-refractivity contribution in [3.8, 4) is 11.5 Å². The molecule has 0 bridgehead atoms. The highest BCUT2D eigenvalue weighted by Crippen LogP contribution is 2.24. The SMILES string of the molecule is Clc1ccc(Oc2cccc(I)c2)cc1. The predicted molar refractivity (Wildman–Crippen MR) is 70.7 cm³/mol. The summed E-state index contributed by atoms with van der Waals surface area (Å²) >= 11 is 8.04. The minimum absolute atomic E-state index is 0.713. The zero-order chi connectivity index (χ0) is 10.7. The average molecular weight is 331 g/mol. The van der Waals surface area contributed by atoms with Gasteiger partial charge in [0.2, 0.25) is 0 Å². The standard InChI is InChI=1S/C12H8ClIO/c13-9-4-6-11(7-5-9)15-12-3-1-2-10(14)8-12/h1-8H. The minimum atomic E-state index is 0.713. The van der Waals surface area contributed by atoms with Gasteiger partial charge in [0.05, 0.1) is 0 Å². The monoisotopic (exact) mass is 330 g/mol. The molecule has 15 heavy (non-hydrogen) atoms. The summed E-state index contributed by atoms with van der Waals surface area (Å²) in [6, 6.07) is 15.2. The first-order valence-corrected chi connectivity index (χ1v) is 5.89. The summed E-state index contributed by atoms with van der Waals surface area (Å²) in [6.07, 6.45) is 0. The lowest BCUT2D eigenvalue weighted by atomic mass is 10.3. The molecule has 0 N–H and O–H groups in total. The van der Waals surface area contributed by atoms with Gasteiger partial charge in [-0.25, -0.2) is 0 Å². The Morgan fingerprint density at radius 1 is 0.933 bits per heavy atom. The fourth-order valence-electron chi connectivity index (χ4n) is 1.17. The molecule has 2 aromatic rings. The van der Waals surface area contributed by atoms with Crippen LogP contribution in [0.25, 0.3) is 0 Å². The summed E-state index contributed by atoms with van der Waals surface area (Å²) < 4.78 is 6.80. The van der Waals surface area contributed by atoms with Gasteiger partial charge < -0.3 is 4.74 Å². The van der Waals surface area contributed by atoms with Gasteiger partial charge in [-0.3, -0.25) is 0 Å². The summed E-state index contributed by atoms with van der Waals surface area (Å²) in [7, 11) is 0. The number of benzene rings is 2. The molecule has 2 rings (SSSR count). The fraction of sp³-hybridized carbons (Fsp3) is 0. The van der Waals surface area contributed by atoms with Gasteiger partial charge in [-0.15, -0.1) is 0 Å². The number of ether oxygens (including phenoxy) is 1. The largest absolute Gasteiger partial charge is 0.457 e. The first kappa shape index (κ1) is 10.8. The molecule has 0 fully saturated rings. The first-order chi connectivity index (χ1) is 7.24. The van der Waals surface area contributed by atoms with E-state index in [0.29, 0.717) is 5.02 Å². The van der Waals surface area contributed by atoms with Gasteiger partial charge in [-0.1, -0.05) is 17.7 Å². The van der Waals surface area contributed by atoms with Crippen molar-refractivity contribution in [1.82, 2.24) is 0 Å². The van der Waals surface area contributed by atoms with E-state index in [-0.39, 0.29) is 0 Å². The smallest absolute Gasteiger partial charge is 0.128 e. The molecule has 0 amide bonds.